The average Bonchev–Trinajstić information content (AvgIpc) is 3.32. The highest BCUT2D eigenvalue weighted by Crippen LogP contribution is 2.30. The molecule has 0 bridgehead atoms. The van der Waals surface area contributed by atoms with E-state index in [1.807, 2.05) is 18.1 Å². The Balaban J connectivity index is 1.39. The number of carbonyl (C=O) groups is 1. The number of nitrogens with zero attached hydrogens (tertiary/aromatic N) is 3. The summed E-state index contributed by atoms with van der Waals surface area (Å²) in [5.41, 5.74) is 2.31. The van der Waals surface area contributed by atoms with Crippen LogP contribution in [0.5, 0.6) is 0 Å². The molecule has 1 aromatic heterocycles. The number of hydrogen-bond donors (Lipinski definition) is 1. The van der Waals surface area contributed by atoms with E-state index in [-0.39, 0.29) is 11.9 Å². The molecule has 5 nitrogen and oxygen atoms in total. The SMILES string of the molecule is Cn1cc(N2CC[C@H](N[C@@H]3CCC[C@H]3Cc3ccccc3)C2=O)cn1. The van der Waals surface area contributed by atoms with Crippen molar-refractivity contribution < 1.29 is 4.79 Å². The standard InChI is InChI=1S/C20H26N4O/c1-23-14-17(13-21-23)24-11-10-19(20(24)25)22-18-9-5-8-16(18)12-15-6-3-2-4-7-15/h2-4,6-7,13-14,16,18-19,22H,5,8-12H2,1H3/t16-,18+,19-/m0/s1. The highest BCUT2D eigenvalue weighted by molar-refractivity contribution is 5.99. The fraction of sp³-hybridized carbons (Fsp3) is 0.500. The van der Waals surface area contributed by atoms with E-state index >= 15 is 0 Å². The minimum absolute atomic E-state index is 0.0541. The Bertz CT molecular complexity index is 726. The van der Waals surface area contributed by atoms with E-state index in [1.54, 1.807) is 10.9 Å². The van der Waals surface area contributed by atoms with Crippen LogP contribution in [-0.2, 0) is 18.3 Å². The summed E-state index contributed by atoms with van der Waals surface area (Å²) in [6.07, 6.45) is 9.34. The molecule has 1 aliphatic heterocycles. The number of amides is 1. The van der Waals surface area contributed by atoms with Crippen molar-refractivity contribution in [2.24, 2.45) is 13.0 Å². The second-order valence-electron chi connectivity index (χ2n) is 7.36. The molecule has 2 aliphatic rings. The molecule has 1 saturated heterocycles. The lowest BCUT2D eigenvalue weighted by Crippen LogP contribution is -2.45. The summed E-state index contributed by atoms with van der Waals surface area (Å²) in [7, 11) is 1.88. The first kappa shape index (κ1) is 16.3. The molecular formula is C20H26N4O. The molecule has 25 heavy (non-hydrogen) atoms. The second-order valence-corrected chi connectivity index (χ2v) is 7.36. The van der Waals surface area contributed by atoms with Crippen LogP contribution in [0.25, 0.3) is 0 Å². The Morgan fingerprint density at radius 3 is 2.80 bits per heavy atom. The van der Waals surface area contributed by atoms with Gasteiger partial charge in [-0.3, -0.25) is 9.48 Å². The predicted octanol–water partition coefficient (Wildman–Crippen LogP) is 2.53. The van der Waals surface area contributed by atoms with E-state index in [2.05, 4.69) is 40.7 Å². The largest absolute Gasteiger partial charge is 0.308 e. The Labute approximate surface area is 149 Å². The van der Waals surface area contributed by atoms with Crippen molar-refractivity contribution in [1.82, 2.24) is 15.1 Å². The van der Waals surface area contributed by atoms with Gasteiger partial charge in [-0.2, -0.15) is 5.10 Å². The summed E-state index contributed by atoms with van der Waals surface area (Å²) < 4.78 is 1.75. The highest BCUT2D eigenvalue weighted by atomic mass is 16.2. The van der Waals surface area contributed by atoms with Gasteiger partial charge in [-0.25, -0.2) is 0 Å². The molecular weight excluding hydrogens is 312 g/mol. The number of benzene rings is 1. The fourth-order valence-electron chi connectivity index (χ4n) is 4.31. The van der Waals surface area contributed by atoms with Gasteiger partial charge in [0, 0.05) is 25.8 Å². The molecule has 2 aromatic rings. The van der Waals surface area contributed by atoms with Crippen LogP contribution in [0.4, 0.5) is 5.69 Å². The molecule has 0 radical (unpaired) electrons. The van der Waals surface area contributed by atoms with Gasteiger partial charge in [0.05, 0.1) is 17.9 Å². The summed E-state index contributed by atoms with van der Waals surface area (Å²) in [4.78, 5) is 14.7. The van der Waals surface area contributed by atoms with E-state index in [9.17, 15) is 4.79 Å². The van der Waals surface area contributed by atoms with Crippen LogP contribution in [0.1, 0.15) is 31.2 Å². The van der Waals surface area contributed by atoms with Crippen LogP contribution in [0.2, 0.25) is 0 Å². The molecule has 1 aromatic carbocycles. The van der Waals surface area contributed by atoms with Crippen molar-refractivity contribution in [3.8, 4) is 0 Å². The smallest absolute Gasteiger partial charge is 0.244 e. The minimum Gasteiger partial charge on any atom is -0.308 e. The molecule has 1 amide bonds. The van der Waals surface area contributed by atoms with Gasteiger partial charge >= 0.3 is 0 Å². The van der Waals surface area contributed by atoms with Gasteiger partial charge in [0.15, 0.2) is 0 Å². The third-order valence-corrected chi connectivity index (χ3v) is 5.62. The highest BCUT2D eigenvalue weighted by Gasteiger charge is 2.37. The van der Waals surface area contributed by atoms with Gasteiger partial charge in [-0.15, -0.1) is 0 Å². The topological polar surface area (TPSA) is 50.2 Å². The molecule has 5 heteroatoms. The van der Waals surface area contributed by atoms with Crippen LogP contribution in [-0.4, -0.2) is 34.3 Å². The van der Waals surface area contributed by atoms with Gasteiger partial charge in [0.1, 0.15) is 0 Å². The first-order valence-corrected chi connectivity index (χ1v) is 9.31. The average molecular weight is 338 g/mol. The Hall–Kier alpha value is -2.14. The Morgan fingerprint density at radius 1 is 1.20 bits per heavy atom. The van der Waals surface area contributed by atoms with Gasteiger partial charge in [0.25, 0.3) is 0 Å². The maximum absolute atomic E-state index is 12.8. The molecule has 1 aliphatic carbocycles. The summed E-state index contributed by atoms with van der Waals surface area (Å²) in [6.45, 7) is 0.776. The molecule has 3 atom stereocenters. The van der Waals surface area contributed by atoms with E-state index < -0.39 is 0 Å². The minimum atomic E-state index is -0.0541. The summed E-state index contributed by atoms with van der Waals surface area (Å²) in [5.74, 6) is 0.820. The maximum atomic E-state index is 12.8. The second kappa shape index (κ2) is 7.00. The van der Waals surface area contributed by atoms with Crippen LogP contribution < -0.4 is 10.2 Å². The molecule has 0 unspecified atom stereocenters. The van der Waals surface area contributed by atoms with Crippen LogP contribution >= 0.6 is 0 Å². The Morgan fingerprint density at radius 2 is 2.04 bits per heavy atom. The lowest BCUT2D eigenvalue weighted by Gasteiger charge is -2.24. The van der Waals surface area contributed by atoms with Crippen LogP contribution in [0.3, 0.4) is 0 Å². The number of nitrogens with one attached hydrogen (secondary N) is 1. The first-order valence-electron chi connectivity index (χ1n) is 9.31. The van der Waals surface area contributed by atoms with E-state index in [0.717, 1.165) is 25.1 Å². The zero-order valence-corrected chi connectivity index (χ0v) is 14.8. The predicted molar refractivity (Wildman–Crippen MR) is 98.4 cm³/mol. The molecule has 132 valence electrons. The lowest BCUT2D eigenvalue weighted by molar-refractivity contribution is -0.119. The van der Waals surface area contributed by atoms with Crippen LogP contribution in [0.15, 0.2) is 42.7 Å². The third-order valence-electron chi connectivity index (χ3n) is 5.62. The summed E-state index contributed by atoms with van der Waals surface area (Å²) >= 11 is 0. The number of rotatable bonds is 5. The van der Waals surface area contributed by atoms with Crippen molar-refractivity contribution >= 4 is 11.6 Å². The maximum Gasteiger partial charge on any atom is 0.244 e. The zero-order valence-electron chi connectivity index (χ0n) is 14.8. The molecule has 4 rings (SSSR count). The van der Waals surface area contributed by atoms with Gasteiger partial charge in [-0.05, 0) is 37.2 Å². The van der Waals surface area contributed by atoms with E-state index in [1.165, 1.54) is 24.8 Å². The number of carbonyl (C=O) groups excluding carboxylic acids is 1. The van der Waals surface area contributed by atoms with Gasteiger partial charge in [-0.1, -0.05) is 36.8 Å². The van der Waals surface area contributed by atoms with Crippen molar-refractivity contribution in [3.63, 3.8) is 0 Å². The van der Waals surface area contributed by atoms with Gasteiger partial charge in [0.2, 0.25) is 5.91 Å². The fourth-order valence-corrected chi connectivity index (χ4v) is 4.31. The first-order chi connectivity index (χ1) is 12.2. The molecule has 2 fully saturated rings. The number of anilines is 1. The van der Waals surface area contributed by atoms with Gasteiger partial charge < -0.3 is 10.2 Å². The molecule has 0 spiro atoms. The molecule has 2 heterocycles. The summed E-state index contributed by atoms with van der Waals surface area (Å²) in [6, 6.07) is 11.1. The Kier molecular flexibility index (Phi) is 4.57. The normalized spacial score (nSPS) is 26.5. The molecule has 1 N–H and O–H groups in total. The van der Waals surface area contributed by atoms with Crippen LogP contribution in [0, 0.1) is 5.92 Å². The lowest BCUT2D eigenvalue weighted by atomic mass is 9.94. The molecule has 1 saturated carbocycles. The number of aryl methyl sites for hydroxylation is 1. The summed E-state index contributed by atoms with van der Waals surface area (Å²) in [5, 5.41) is 7.87. The number of hydrogen-bond acceptors (Lipinski definition) is 3. The van der Waals surface area contributed by atoms with E-state index in [0.29, 0.717) is 12.0 Å². The van der Waals surface area contributed by atoms with Crippen molar-refractivity contribution in [3.05, 3.63) is 48.3 Å². The quantitative estimate of drug-likeness (QED) is 0.911. The zero-order chi connectivity index (χ0) is 17.2. The van der Waals surface area contributed by atoms with Crippen molar-refractivity contribution in [2.45, 2.75) is 44.2 Å². The monoisotopic (exact) mass is 338 g/mol. The third kappa shape index (κ3) is 3.47. The van der Waals surface area contributed by atoms with Crippen molar-refractivity contribution in [2.75, 3.05) is 11.4 Å². The van der Waals surface area contributed by atoms with E-state index in [4.69, 9.17) is 0 Å². The van der Waals surface area contributed by atoms with Crippen molar-refractivity contribution in [1.29, 1.82) is 0 Å². The number of aromatic nitrogens is 2.